The molecule has 0 saturated heterocycles. The summed E-state index contributed by atoms with van der Waals surface area (Å²) in [6, 6.07) is 0. The van der Waals surface area contributed by atoms with Crippen molar-refractivity contribution in [3.63, 3.8) is 0 Å². The van der Waals surface area contributed by atoms with Crippen molar-refractivity contribution in [3.8, 4) is 0 Å². The van der Waals surface area contributed by atoms with Crippen molar-refractivity contribution in [2.75, 3.05) is 33.0 Å². The van der Waals surface area contributed by atoms with Gasteiger partial charge in [-0.25, -0.2) is 4.79 Å². The highest BCUT2D eigenvalue weighted by Crippen LogP contribution is 2.41. The van der Waals surface area contributed by atoms with Crippen molar-refractivity contribution in [2.24, 2.45) is 23.7 Å². The highest BCUT2D eigenvalue weighted by Gasteiger charge is 2.40. The molecule has 4 aliphatic rings. The lowest BCUT2D eigenvalue weighted by Crippen LogP contribution is -2.42. The molecule has 9 heteroatoms. The molecule has 0 bridgehead atoms. The van der Waals surface area contributed by atoms with Gasteiger partial charge in [-0.05, 0) is 108 Å². The van der Waals surface area contributed by atoms with E-state index in [0.29, 0.717) is 51.8 Å². The van der Waals surface area contributed by atoms with Crippen LogP contribution < -0.4 is 0 Å². The van der Waals surface area contributed by atoms with E-state index < -0.39 is 5.92 Å². The summed E-state index contributed by atoms with van der Waals surface area (Å²) in [4.78, 5) is 37.6. The van der Waals surface area contributed by atoms with Gasteiger partial charge in [0.15, 0.2) is 0 Å². The largest absolute Gasteiger partial charge is 0.465 e. The van der Waals surface area contributed by atoms with Crippen molar-refractivity contribution in [1.82, 2.24) is 0 Å². The zero-order chi connectivity index (χ0) is 37.5. The van der Waals surface area contributed by atoms with Crippen LogP contribution in [0.25, 0.3) is 0 Å². The average Bonchev–Trinajstić information content (AvgIpc) is 3.18. The van der Waals surface area contributed by atoms with Crippen LogP contribution in [0.3, 0.4) is 0 Å². The van der Waals surface area contributed by atoms with Gasteiger partial charge in [0.2, 0.25) is 0 Å². The summed E-state index contributed by atoms with van der Waals surface area (Å²) in [6.07, 6.45) is 27.2. The van der Waals surface area contributed by atoms with Crippen LogP contribution in [0.1, 0.15) is 167 Å². The molecular weight excluding hydrogens is 672 g/mol. The van der Waals surface area contributed by atoms with Gasteiger partial charge < -0.3 is 28.4 Å². The van der Waals surface area contributed by atoms with E-state index in [1.807, 2.05) is 0 Å². The number of carbonyl (C=O) groups is 3. The van der Waals surface area contributed by atoms with Gasteiger partial charge in [-0.15, -0.1) is 0 Å². The Kier molecular flexibility index (Phi) is 21.5. The minimum Gasteiger partial charge on any atom is -0.465 e. The second-order valence-electron chi connectivity index (χ2n) is 16.4. The molecule has 6 unspecified atom stereocenters. The molecule has 304 valence electrons. The molecule has 0 aromatic carbocycles. The van der Waals surface area contributed by atoms with E-state index in [1.54, 1.807) is 0 Å². The van der Waals surface area contributed by atoms with E-state index in [4.69, 9.17) is 28.4 Å². The van der Waals surface area contributed by atoms with Gasteiger partial charge in [-0.1, -0.05) is 71.3 Å². The van der Waals surface area contributed by atoms with Gasteiger partial charge in [0.05, 0.1) is 43.4 Å². The highest BCUT2D eigenvalue weighted by molar-refractivity contribution is 5.81. The first-order valence-corrected chi connectivity index (χ1v) is 22.0. The van der Waals surface area contributed by atoms with Crippen molar-refractivity contribution in [1.29, 1.82) is 0 Å². The maximum Gasteiger partial charge on any atom is 0.330 e. The lowest BCUT2D eigenvalue weighted by atomic mass is 9.70. The molecular formula is C44H74O9. The topological polar surface area (TPSA) is 107 Å². The molecule has 6 atom stereocenters. The van der Waals surface area contributed by atoms with Crippen LogP contribution in [-0.2, 0) is 42.8 Å². The second-order valence-corrected chi connectivity index (χ2v) is 16.4. The minimum absolute atomic E-state index is 0.112. The van der Waals surface area contributed by atoms with E-state index in [1.165, 1.54) is 51.0 Å². The van der Waals surface area contributed by atoms with Gasteiger partial charge >= 0.3 is 17.9 Å². The van der Waals surface area contributed by atoms with Crippen LogP contribution in [0.15, 0.2) is 12.7 Å². The fourth-order valence-electron chi connectivity index (χ4n) is 9.08. The third-order valence-electron chi connectivity index (χ3n) is 12.3. The average molecular weight is 747 g/mol. The fourth-order valence-corrected chi connectivity index (χ4v) is 9.08. The normalized spacial score (nSPS) is 28.8. The monoisotopic (exact) mass is 747 g/mol. The Labute approximate surface area is 321 Å². The zero-order valence-corrected chi connectivity index (χ0v) is 33.3. The molecule has 0 aromatic rings. The van der Waals surface area contributed by atoms with Crippen molar-refractivity contribution < 1.29 is 42.8 Å². The third kappa shape index (κ3) is 16.7. The summed E-state index contributed by atoms with van der Waals surface area (Å²) in [6.45, 7) is 8.62. The smallest absolute Gasteiger partial charge is 0.330 e. The fraction of sp³-hybridized carbons (Fsp3) is 0.886. The number of esters is 3. The van der Waals surface area contributed by atoms with Gasteiger partial charge in [0.1, 0.15) is 6.10 Å². The number of hydrogen-bond acceptors (Lipinski definition) is 9. The Bertz CT molecular complexity index is 1040. The van der Waals surface area contributed by atoms with Gasteiger partial charge in [0.25, 0.3) is 0 Å². The Balaban J connectivity index is 1.08. The number of fused-ring (bicyclic) bond motifs is 1. The summed E-state index contributed by atoms with van der Waals surface area (Å²) >= 11 is 0. The molecule has 4 saturated carbocycles. The van der Waals surface area contributed by atoms with Crippen LogP contribution in [-0.4, -0.2) is 75.4 Å². The first-order chi connectivity index (χ1) is 26.0. The number of carbonyl (C=O) groups excluding carboxylic acids is 3. The van der Waals surface area contributed by atoms with Crippen LogP contribution in [0.2, 0.25) is 0 Å². The molecule has 0 N–H and O–H groups in total. The second kappa shape index (κ2) is 26.0. The van der Waals surface area contributed by atoms with E-state index in [9.17, 15) is 14.4 Å². The maximum absolute atomic E-state index is 13.3. The van der Waals surface area contributed by atoms with Crippen LogP contribution in [0.4, 0.5) is 0 Å². The summed E-state index contributed by atoms with van der Waals surface area (Å²) < 4.78 is 35.5. The van der Waals surface area contributed by atoms with Crippen molar-refractivity contribution in [2.45, 2.75) is 192 Å². The Morgan fingerprint density at radius 3 is 1.83 bits per heavy atom. The van der Waals surface area contributed by atoms with Gasteiger partial charge in [-0.2, -0.15) is 0 Å². The van der Waals surface area contributed by atoms with Gasteiger partial charge in [0, 0.05) is 32.3 Å². The van der Waals surface area contributed by atoms with Crippen molar-refractivity contribution in [3.05, 3.63) is 12.7 Å². The molecule has 0 aromatic heterocycles. The quantitative estimate of drug-likeness (QED) is 0.0391. The highest BCUT2D eigenvalue weighted by atomic mass is 16.6. The SMILES string of the molecule is C=CC(=O)OCCCCCCOC1CCC(C(=O)OC2CCC(OCCCCCCOC3CCC4CCCCC4C3)C(C(=O)OCCCCC)C2)CC1. The summed E-state index contributed by atoms with van der Waals surface area (Å²) in [5, 5.41) is 0. The lowest BCUT2D eigenvalue weighted by molar-refractivity contribution is -0.170. The van der Waals surface area contributed by atoms with E-state index in [-0.39, 0.29) is 42.1 Å². The number of unbranched alkanes of at least 4 members (excludes halogenated alkanes) is 8. The van der Waals surface area contributed by atoms with Crippen LogP contribution in [0, 0.1) is 23.7 Å². The lowest BCUT2D eigenvalue weighted by Gasteiger charge is -2.39. The zero-order valence-electron chi connectivity index (χ0n) is 33.3. The summed E-state index contributed by atoms with van der Waals surface area (Å²) in [5.41, 5.74) is 0. The van der Waals surface area contributed by atoms with Crippen LogP contribution in [0.5, 0.6) is 0 Å². The maximum atomic E-state index is 13.3. The number of rotatable bonds is 25. The standard InChI is InChI=1S/C44H74O9/c1-3-5-12-31-52-44(47)40-33-39(53-43(46)35-20-22-37(23-21-35)48-27-13-7-9-16-30-51-42(45)4-2)25-26-41(40)50-29-15-8-6-14-28-49-38-24-19-34-17-10-11-18-36(34)32-38/h4,34-41H,2-3,5-33H2,1H3. The molecule has 0 heterocycles. The summed E-state index contributed by atoms with van der Waals surface area (Å²) in [5.74, 6) is 0.654. The molecule has 9 nitrogen and oxygen atoms in total. The third-order valence-corrected chi connectivity index (χ3v) is 12.3. The Hall–Kier alpha value is -1.97. The molecule has 0 spiro atoms. The Morgan fingerprint density at radius 1 is 0.547 bits per heavy atom. The number of ether oxygens (including phenoxy) is 6. The molecule has 4 rings (SSSR count). The minimum atomic E-state index is -0.401. The first-order valence-electron chi connectivity index (χ1n) is 22.0. The molecule has 0 aliphatic heterocycles. The van der Waals surface area contributed by atoms with E-state index >= 15 is 0 Å². The molecule has 4 aliphatic carbocycles. The van der Waals surface area contributed by atoms with E-state index in [2.05, 4.69) is 13.5 Å². The predicted molar refractivity (Wildman–Crippen MR) is 206 cm³/mol. The molecule has 4 fully saturated rings. The van der Waals surface area contributed by atoms with Crippen LogP contribution >= 0.6 is 0 Å². The number of hydrogen-bond donors (Lipinski definition) is 0. The summed E-state index contributed by atoms with van der Waals surface area (Å²) in [7, 11) is 0. The van der Waals surface area contributed by atoms with Gasteiger partial charge in [-0.3, -0.25) is 9.59 Å². The predicted octanol–water partition coefficient (Wildman–Crippen LogP) is 9.62. The Morgan fingerprint density at radius 2 is 1.13 bits per heavy atom. The molecule has 0 amide bonds. The molecule has 53 heavy (non-hydrogen) atoms. The first kappa shape index (κ1) is 43.8. The molecule has 0 radical (unpaired) electrons. The van der Waals surface area contributed by atoms with E-state index in [0.717, 1.165) is 115 Å². The van der Waals surface area contributed by atoms with Crippen molar-refractivity contribution >= 4 is 17.9 Å².